The molecule has 148 valence electrons. The maximum atomic E-state index is 12.9. The van der Waals surface area contributed by atoms with E-state index in [4.69, 9.17) is 4.74 Å². The van der Waals surface area contributed by atoms with E-state index in [1.807, 2.05) is 18.2 Å². The van der Waals surface area contributed by atoms with E-state index in [1.54, 1.807) is 43.3 Å². The second kappa shape index (κ2) is 6.83. The number of Topliss-reactive ketones (excluding diaryl/α,β-unsaturated/α-hetero) is 1. The van der Waals surface area contributed by atoms with Gasteiger partial charge >= 0.3 is 0 Å². The third kappa shape index (κ3) is 2.87. The van der Waals surface area contributed by atoms with Crippen LogP contribution >= 0.6 is 0 Å². The number of benzene rings is 2. The van der Waals surface area contributed by atoms with Gasteiger partial charge in [0, 0.05) is 5.56 Å². The molecule has 2 aromatic carbocycles. The molecular weight excluding hydrogens is 366 g/mol. The topological polar surface area (TPSA) is 63.7 Å². The molecule has 29 heavy (non-hydrogen) atoms. The minimum Gasteiger partial charge on any atom is -0.483 e. The summed E-state index contributed by atoms with van der Waals surface area (Å²) in [5.41, 5.74) is 1.19. The van der Waals surface area contributed by atoms with Crippen LogP contribution in [-0.4, -0.2) is 23.7 Å². The number of fused-ring (bicyclic) bond motifs is 5. The second-order valence-electron chi connectivity index (χ2n) is 8.38. The summed E-state index contributed by atoms with van der Waals surface area (Å²) >= 11 is 0. The highest BCUT2D eigenvalue weighted by atomic mass is 16.5. The van der Waals surface area contributed by atoms with E-state index >= 15 is 0 Å². The van der Waals surface area contributed by atoms with Crippen LogP contribution in [-0.2, 0) is 9.59 Å². The number of rotatable bonds is 5. The molecule has 2 aromatic rings. The molecule has 5 nitrogen and oxygen atoms in total. The van der Waals surface area contributed by atoms with E-state index in [-0.39, 0.29) is 29.4 Å². The van der Waals surface area contributed by atoms with Gasteiger partial charge < -0.3 is 4.74 Å². The number of hydrogen-bond acceptors (Lipinski definition) is 4. The second-order valence-corrected chi connectivity index (χ2v) is 8.38. The molecule has 0 aromatic heterocycles. The van der Waals surface area contributed by atoms with Crippen molar-refractivity contribution in [3.05, 3.63) is 60.2 Å². The summed E-state index contributed by atoms with van der Waals surface area (Å²) in [6.45, 7) is 1.72. The first kappa shape index (κ1) is 18.1. The first-order valence-corrected chi connectivity index (χ1v) is 10.3. The van der Waals surface area contributed by atoms with Crippen LogP contribution in [0.15, 0.2) is 54.6 Å². The minimum atomic E-state index is -0.631. The lowest BCUT2D eigenvalue weighted by atomic mass is 9.81. The largest absolute Gasteiger partial charge is 0.483 e. The number of hydrogen-bond donors (Lipinski definition) is 0. The lowest BCUT2D eigenvalue weighted by Crippen LogP contribution is -2.32. The predicted octanol–water partition coefficient (Wildman–Crippen LogP) is 3.87. The SMILES string of the molecule is C[C@H](Oc1ccc(N2C(=O)[C@H]3[C@H]4CC[C@@H](C4)[C@@H]3C2=O)cc1)C(=O)c1ccccc1. The molecule has 5 atom stereocenters. The van der Waals surface area contributed by atoms with E-state index in [0.717, 1.165) is 19.3 Å². The molecule has 1 heterocycles. The lowest BCUT2D eigenvalue weighted by molar-refractivity contribution is -0.123. The third-order valence-electron chi connectivity index (χ3n) is 6.76. The lowest BCUT2D eigenvalue weighted by Gasteiger charge is -2.19. The van der Waals surface area contributed by atoms with Crippen molar-refractivity contribution in [1.29, 1.82) is 0 Å². The molecule has 3 fully saturated rings. The minimum absolute atomic E-state index is 0.0477. The highest BCUT2D eigenvalue weighted by Gasteiger charge is 2.61. The van der Waals surface area contributed by atoms with Crippen molar-refractivity contribution in [1.82, 2.24) is 0 Å². The van der Waals surface area contributed by atoms with Gasteiger partial charge in [-0.25, -0.2) is 0 Å². The van der Waals surface area contributed by atoms with Gasteiger partial charge in [0.1, 0.15) is 5.75 Å². The van der Waals surface area contributed by atoms with E-state index in [9.17, 15) is 14.4 Å². The Hall–Kier alpha value is -2.95. The molecule has 5 heteroatoms. The Bertz CT molecular complexity index is 940. The van der Waals surface area contributed by atoms with E-state index < -0.39 is 6.10 Å². The Kier molecular flexibility index (Phi) is 4.26. The van der Waals surface area contributed by atoms with Crippen LogP contribution in [0.1, 0.15) is 36.5 Å². The van der Waals surface area contributed by atoms with Crippen LogP contribution in [0.4, 0.5) is 5.69 Å². The van der Waals surface area contributed by atoms with Crippen LogP contribution in [0.2, 0.25) is 0 Å². The number of ketones is 1. The molecule has 3 aliphatic rings. The van der Waals surface area contributed by atoms with Gasteiger partial charge in [-0.1, -0.05) is 30.3 Å². The average molecular weight is 389 g/mol. The monoisotopic (exact) mass is 389 g/mol. The molecular formula is C24H23NO4. The van der Waals surface area contributed by atoms with Crippen molar-refractivity contribution >= 4 is 23.3 Å². The number of imide groups is 1. The molecule has 0 radical (unpaired) electrons. The molecule has 1 saturated heterocycles. The average Bonchev–Trinajstić information content (AvgIpc) is 3.43. The molecule has 5 rings (SSSR count). The summed E-state index contributed by atoms with van der Waals surface area (Å²) in [5, 5.41) is 0. The van der Waals surface area contributed by atoms with E-state index in [2.05, 4.69) is 0 Å². The number of nitrogens with zero attached hydrogens (tertiary/aromatic N) is 1. The van der Waals surface area contributed by atoms with Crippen molar-refractivity contribution in [3.63, 3.8) is 0 Å². The number of ether oxygens (including phenoxy) is 1. The molecule has 0 spiro atoms. The molecule has 0 unspecified atom stereocenters. The maximum absolute atomic E-state index is 12.9. The number of amides is 2. The van der Waals surface area contributed by atoms with Crippen molar-refractivity contribution in [2.45, 2.75) is 32.3 Å². The highest BCUT2D eigenvalue weighted by molar-refractivity contribution is 6.22. The van der Waals surface area contributed by atoms with Crippen molar-refractivity contribution in [3.8, 4) is 5.75 Å². The summed E-state index contributed by atoms with van der Waals surface area (Å²) in [4.78, 5) is 39.7. The molecule has 2 aliphatic carbocycles. The molecule has 1 aliphatic heterocycles. The Labute approximate surface area is 169 Å². The summed E-state index contributed by atoms with van der Waals surface area (Å²) in [6.07, 6.45) is 2.53. The van der Waals surface area contributed by atoms with Crippen molar-refractivity contribution in [2.75, 3.05) is 4.90 Å². The molecule has 0 N–H and O–H groups in total. The maximum Gasteiger partial charge on any atom is 0.237 e. The highest BCUT2D eigenvalue weighted by Crippen LogP contribution is 2.56. The zero-order valence-corrected chi connectivity index (χ0v) is 16.3. The fraction of sp³-hybridized carbons (Fsp3) is 0.375. The van der Waals surface area contributed by atoms with Gasteiger partial charge in [0.05, 0.1) is 17.5 Å². The summed E-state index contributed by atoms with van der Waals surface area (Å²) in [7, 11) is 0. The Morgan fingerprint density at radius 3 is 2.10 bits per heavy atom. The van der Waals surface area contributed by atoms with Gasteiger partial charge in [0.25, 0.3) is 0 Å². The van der Waals surface area contributed by atoms with Gasteiger partial charge in [-0.3, -0.25) is 19.3 Å². The smallest absolute Gasteiger partial charge is 0.237 e. The summed E-state index contributed by atoms with van der Waals surface area (Å²) in [5.74, 6) is 0.842. The predicted molar refractivity (Wildman–Crippen MR) is 108 cm³/mol. The summed E-state index contributed by atoms with van der Waals surface area (Å²) < 4.78 is 5.78. The quantitative estimate of drug-likeness (QED) is 0.575. The number of carbonyl (C=O) groups is 3. The van der Waals surface area contributed by atoms with Gasteiger partial charge in [0.2, 0.25) is 17.6 Å². The fourth-order valence-corrected chi connectivity index (χ4v) is 5.43. The van der Waals surface area contributed by atoms with Crippen LogP contribution in [0.5, 0.6) is 5.75 Å². The first-order valence-electron chi connectivity index (χ1n) is 10.3. The van der Waals surface area contributed by atoms with Crippen molar-refractivity contribution in [2.24, 2.45) is 23.7 Å². The van der Waals surface area contributed by atoms with Crippen LogP contribution < -0.4 is 9.64 Å². The standard InChI is InChI=1S/C24H23NO4/c1-14(22(26)15-5-3-2-4-6-15)29-19-11-9-18(10-12-19)25-23(27)20-16-7-8-17(13-16)21(20)24(25)28/h2-6,9-12,14,16-17,20-21H,7-8,13H2,1H3/t14-,16-,17-,20-,21-/m0/s1. The third-order valence-corrected chi connectivity index (χ3v) is 6.76. The van der Waals surface area contributed by atoms with Crippen LogP contribution in [0.25, 0.3) is 0 Å². The number of anilines is 1. The van der Waals surface area contributed by atoms with Crippen LogP contribution in [0, 0.1) is 23.7 Å². The normalized spacial score (nSPS) is 28.5. The zero-order chi connectivity index (χ0) is 20.1. The van der Waals surface area contributed by atoms with Gasteiger partial charge in [-0.05, 0) is 62.3 Å². The zero-order valence-electron chi connectivity index (χ0n) is 16.3. The van der Waals surface area contributed by atoms with Gasteiger partial charge in [-0.15, -0.1) is 0 Å². The fourth-order valence-electron chi connectivity index (χ4n) is 5.43. The Morgan fingerprint density at radius 2 is 1.52 bits per heavy atom. The molecule has 2 amide bonds. The van der Waals surface area contributed by atoms with E-state index in [1.165, 1.54) is 4.90 Å². The molecule has 2 saturated carbocycles. The van der Waals surface area contributed by atoms with Gasteiger partial charge in [0.15, 0.2) is 6.10 Å². The Balaban J connectivity index is 1.30. The van der Waals surface area contributed by atoms with E-state index in [0.29, 0.717) is 28.8 Å². The van der Waals surface area contributed by atoms with Gasteiger partial charge in [-0.2, -0.15) is 0 Å². The van der Waals surface area contributed by atoms with Crippen LogP contribution in [0.3, 0.4) is 0 Å². The summed E-state index contributed by atoms with van der Waals surface area (Å²) in [6, 6.07) is 15.9. The Morgan fingerprint density at radius 1 is 0.931 bits per heavy atom. The first-order chi connectivity index (χ1) is 14.0. The van der Waals surface area contributed by atoms with Crippen molar-refractivity contribution < 1.29 is 19.1 Å². The number of carbonyl (C=O) groups excluding carboxylic acids is 3. The molecule has 2 bridgehead atoms.